The Morgan fingerprint density at radius 2 is 1.68 bits per heavy atom. The summed E-state index contributed by atoms with van der Waals surface area (Å²) in [6, 6.07) is 0. The molecule has 0 saturated heterocycles. The Bertz CT molecular complexity index is 446. The van der Waals surface area contributed by atoms with Gasteiger partial charge in [-0.25, -0.2) is 0 Å². The van der Waals surface area contributed by atoms with E-state index in [1.165, 1.54) is 5.70 Å². The molecule has 19 heavy (non-hydrogen) atoms. The molecule has 2 aliphatic heterocycles. The third-order valence-corrected chi connectivity index (χ3v) is 3.91. The number of Topliss-reactive ketones (excluding diaryl/α,β-unsaturated/α-hetero) is 1. The van der Waals surface area contributed by atoms with E-state index in [1.54, 1.807) is 0 Å². The summed E-state index contributed by atoms with van der Waals surface area (Å²) in [5, 5.41) is 0. The van der Waals surface area contributed by atoms with Crippen LogP contribution in [0.15, 0.2) is 23.5 Å². The van der Waals surface area contributed by atoms with Gasteiger partial charge in [-0.3, -0.25) is 4.79 Å². The topological polar surface area (TPSA) is 23.6 Å². The van der Waals surface area contributed by atoms with Crippen LogP contribution in [-0.4, -0.2) is 39.8 Å². The zero-order valence-corrected chi connectivity index (χ0v) is 13.1. The lowest BCUT2D eigenvalue weighted by molar-refractivity contribution is -0.116. The molecular formula is C16H26N2O. The number of hydrogen-bond donors (Lipinski definition) is 0. The van der Waals surface area contributed by atoms with Gasteiger partial charge in [0, 0.05) is 41.5 Å². The summed E-state index contributed by atoms with van der Waals surface area (Å²) in [6.45, 7) is 14.9. The average molecular weight is 262 g/mol. The quantitative estimate of drug-likeness (QED) is 0.670. The van der Waals surface area contributed by atoms with Crippen molar-refractivity contribution in [3.63, 3.8) is 0 Å². The fourth-order valence-electron chi connectivity index (χ4n) is 2.73. The van der Waals surface area contributed by atoms with E-state index in [0.717, 1.165) is 18.7 Å². The second-order valence-electron chi connectivity index (χ2n) is 7.47. The van der Waals surface area contributed by atoms with Gasteiger partial charge in [-0.2, -0.15) is 0 Å². The summed E-state index contributed by atoms with van der Waals surface area (Å²) in [4.78, 5) is 16.8. The molecule has 0 bridgehead atoms. The maximum absolute atomic E-state index is 12.1. The van der Waals surface area contributed by atoms with Crippen LogP contribution in [-0.2, 0) is 4.79 Å². The molecule has 2 aliphatic rings. The second-order valence-corrected chi connectivity index (χ2v) is 7.47. The van der Waals surface area contributed by atoms with Crippen LogP contribution in [0.25, 0.3) is 0 Å². The first kappa shape index (κ1) is 14.2. The summed E-state index contributed by atoms with van der Waals surface area (Å²) in [7, 11) is 0. The zero-order chi connectivity index (χ0) is 14.4. The van der Waals surface area contributed by atoms with Crippen LogP contribution in [0.1, 0.15) is 48.0 Å². The molecule has 0 aromatic carbocycles. The van der Waals surface area contributed by atoms with E-state index in [-0.39, 0.29) is 11.1 Å². The van der Waals surface area contributed by atoms with E-state index in [2.05, 4.69) is 57.5 Å². The molecule has 0 aliphatic carbocycles. The number of hydrogen-bond acceptors (Lipinski definition) is 3. The van der Waals surface area contributed by atoms with Crippen molar-refractivity contribution in [2.75, 3.05) is 13.1 Å². The molecule has 0 saturated carbocycles. The minimum Gasteiger partial charge on any atom is -0.367 e. The molecule has 3 nitrogen and oxygen atoms in total. The standard InChI is InChI=1S/C16H26N2O/c1-15(2,3)17-9-7-12-13(11-17)18(16(4,5)6)10-8-14(12)19/h7,9H,8,10-11H2,1-6H3. The first-order chi connectivity index (χ1) is 8.60. The van der Waals surface area contributed by atoms with Crippen LogP contribution in [0, 0.1) is 0 Å². The van der Waals surface area contributed by atoms with E-state index >= 15 is 0 Å². The smallest absolute Gasteiger partial charge is 0.166 e. The Labute approximate surface area is 117 Å². The Kier molecular flexibility index (Phi) is 3.28. The summed E-state index contributed by atoms with van der Waals surface area (Å²) in [5.41, 5.74) is 2.26. The number of nitrogens with zero attached hydrogens (tertiary/aromatic N) is 2. The first-order valence-corrected chi connectivity index (χ1v) is 7.09. The van der Waals surface area contributed by atoms with Gasteiger partial charge < -0.3 is 9.80 Å². The second kappa shape index (κ2) is 4.39. The fourth-order valence-corrected chi connectivity index (χ4v) is 2.73. The number of rotatable bonds is 0. The highest BCUT2D eigenvalue weighted by Crippen LogP contribution is 2.32. The van der Waals surface area contributed by atoms with Gasteiger partial charge in [-0.05, 0) is 47.6 Å². The van der Waals surface area contributed by atoms with E-state index in [0.29, 0.717) is 12.2 Å². The van der Waals surface area contributed by atoms with Crippen LogP contribution in [0.2, 0.25) is 0 Å². The van der Waals surface area contributed by atoms with Crippen molar-refractivity contribution in [2.24, 2.45) is 0 Å². The zero-order valence-electron chi connectivity index (χ0n) is 13.1. The predicted molar refractivity (Wildman–Crippen MR) is 78.7 cm³/mol. The Morgan fingerprint density at radius 1 is 1.05 bits per heavy atom. The van der Waals surface area contributed by atoms with E-state index in [4.69, 9.17) is 0 Å². The highest BCUT2D eigenvalue weighted by Gasteiger charge is 2.35. The number of ketones is 1. The van der Waals surface area contributed by atoms with Gasteiger partial charge in [0.15, 0.2) is 5.78 Å². The molecule has 0 spiro atoms. The molecule has 0 atom stereocenters. The third-order valence-electron chi connectivity index (χ3n) is 3.91. The molecule has 106 valence electrons. The highest BCUT2D eigenvalue weighted by molar-refractivity contribution is 5.99. The monoisotopic (exact) mass is 262 g/mol. The van der Waals surface area contributed by atoms with Crippen molar-refractivity contribution in [1.29, 1.82) is 0 Å². The number of allylic oxidation sites excluding steroid dienone is 2. The highest BCUT2D eigenvalue weighted by atomic mass is 16.1. The predicted octanol–water partition coefficient (Wildman–Crippen LogP) is 2.94. The lowest BCUT2D eigenvalue weighted by atomic mass is 9.92. The fraction of sp³-hybridized carbons (Fsp3) is 0.688. The third kappa shape index (κ3) is 2.70. The SMILES string of the molecule is CC(C)(C)N1C=CC2=C(C1)N(C(C)(C)C)CCC2=O. The van der Waals surface area contributed by atoms with Crippen molar-refractivity contribution in [1.82, 2.24) is 9.80 Å². The Morgan fingerprint density at radius 3 is 2.21 bits per heavy atom. The Hall–Kier alpha value is -1.25. The van der Waals surface area contributed by atoms with Crippen molar-refractivity contribution in [2.45, 2.75) is 59.0 Å². The maximum Gasteiger partial charge on any atom is 0.166 e. The molecular weight excluding hydrogens is 236 g/mol. The summed E-state index contributed by atoms with van der Waals surface area (Å²) in [6.07, 6.45) is 4.71. The van der Waals surface area contributed by atoms with Crippen LogP contribution in [0.5, 0.6) is 0 Å². The molecule has 0 amide bonds. The van der Waals surface area contributed by atoms with Crippen molar-refractivity contribution in [3.8, 4) is 0 Å². The largest absolute Gasteiger partial charge is 0.367 e. The molecule has 2 heterocycles. The molecule has 0 fully saturated rings. The van der Waals surface area contributed by atoms with Crippen LogP contribution in [0.3, 0.4) is 0 Å². The lowest BCUT2D eigenvalue weighted by Gasteiger charge is -2.47. The molecule has 0 unspecified atom stereocenters. The van der Waals surface area contributed by atoms with Crippen LogP contribution in [0.4, 0.5) is 0 Å². The summed E-state index contributed by atoms with van der Waals surface area (Å²) >= 11 is 0. The molecule has 0 N–H and O–H groups in total. The van der Waals surface area contributed by atoms with Gasteiger partial charge >= 0.3 is 0 Å². The van der Waals surface area contributed by atoms with Gasteiger partial charge in [-0.1, -0.05) is 0 Å². The normalized spacial score (nSPS) is 21.1. The summed E-state index contributed by atoms with van der Waals surface area (Å²) in [5.74, 6) is 0.292. The van der Waals surface area contributed by atoms with Crippen molar-refractivity contribution >= 4 is 5.78 Å². The van der Waals surface area contributed by atoms with Gasteiger partial charge in [0.2, 0.25) is 0 Å². The van der Waals surface area contributed by atoms with E-state index < -0.39 is 0 Å². The van der Waals surface area contributed by atoms with Gasteiger partial charge in [-0.15, -0.1) is 0 Å². The van der Waals surface area contributed by atoms with Crippen LogP contribution >= 0.6 is 0 Å². The maximum atomic E-state index is 12.1. The van der Waals surface area contributed by atoms with Crippen molar-refractivity contribution in [3.05, 3.63) is 23.5 Å². The van der Waals surface area contributed by atoms with Gasteiger partial charge in [0.05, 0.1) is 6.54 Å². The average Bonchev–Trinajstić information content (AvgIpc) is 2.26. The van der Waals surface area contributed by atoms with Crippen LogP contribution < -0.4 is 0 Å². The minimum atomic E-state index is 0.0655. The lowest BCUT2D eigenvalue weighted by Crippen LogP contribution is -2.51. The molecule has 0 aromatic rings. The number of carbonyl (C=O) groups excluding carboxylic acids is 1. The minimum absolute atomic E-state index is 0.0655. The Balaban J connectivity index is 2.38. The van der Waals surface area contributed by atoms with E-state index in [9.17, 15) is 4.79 Å². The number of carbonyl (C=O) groups is 1. The van der Waals surface area contributed by atoms with Crippen molar-refractivity contribution < 1.29 is 4.79 Å². The summed E-state index contributed by atoms with van der Waals surface area (Å²) < 4.78 is 0. The molecule has 2 rings (SSSR count). The molecule has 0 aromatic heterocycles. The first-order valence-electron chi connectivity index (χ1n) is 7.09. The molecule has 0 radical (unpaired) electrons. The van der Waals surface area contributed by atoms with Gasteiger partial charge in [0.1, 0.15) is 0 Å². The molecule has 3 heteroatoms. The van der Waals surface area contributed by atoms with Gasteiger partial charge in [0.25, 0.3) is 0 Å². The van der Waals surface area contributed by atoms with E-state index in [1.807, 2.05) is 6.08 Å².